The molecule has 9 nitrogen and oxygen atoms in total. The van der Waals surface area contributed by atoms with Gasteiger partial charge in [0.25, 0.3) is 11.5 Å². The third kappa shape index (κ3) is 6.20. The van der Waals surface area contributed by atoms with Crippen LogP contribution in [-0.4, -0.2) is 62.3 Å². The number of aromatic nitrogens is 2. The van der Waals surface area contributed by atoms with E-state index in [4.69, 9.17) is 9.47 Å². The molecule has 2 heterocycles. The molecule has 3 rings (SSSR count). The number of amides is 1. The first kappa shape index (κ1) is 23.5. The van der Waals surface area contributed by atoms with Crippen molar-refractivity contribution in [3.8, 4) is 5.75 Å². The molecule has 1 aromatic carbocycles. The molecule has 0 radical (unpaired) electrons. The predicted molar refractivity (Wildman–Crippen MR) is 108 cm³/mol. The number of H-pyrrole nitrogens is 1. The largest absolute Gasteiger partial charge is 0.573 e. The van der Waals surface area contributed by atoms with Gasteiger partial charge >= 0.3 is 6.36 Å². The number of hydrogen-bond acceptors (Lipinski definition) is 7. The third-order valence-electron chi connectivity index (χ3n) is 4.89. The molecule has 2 aromatic rings. The van der Waals surface area contributed by atoms with Gasteiger partial charge in [0.05, 0.1) is 18.8 Å². The first-order valence-electron chi connectivity index (χ1n) is 9.73. The molecule has 1 aliphatic rings. The van der Waals surface area contributed by atoms with Gasteiger partial charge in [-0.1, -0.05) is 12.1 Å². The fourth-order valence-electron chi connectivity index (χ4n) is 3.35. The number of anilines is 1. The molecule has 1 aromatic heterocycles. The summed E-state index contributed by atoms with van der Waals surface area (Å²) in [7, 11) is 3.02. The minimum absolute atomic E-state index is 0.00756. The van der Waals surface area contributed by atoms with E-state index >= 15 is 0 Å². The highest BCUT2D eigenvalue weighted by Gasteiger charge is 2.31. The normalized spacial score (nSPS) is 17.3. The van der Waals surface area contributed by atoms with Crippen molar-refractivity contribution in [2.75, 3.05) is 38.8 Å². The van der Waals surface area contributed by atoms with Gasteiger partial charge in [0.1, 0.15) is 11.4 Å². The minimum Gasteiger partial charge on any atom is -0.406 e. The van der Waals surface area contributed by atoms with Crippen molar-refractivity contribution in [1.29, 1.82) is 0 Å². The van der Waals surface area contributed by atoms with E-state index < -0.39 is 23.9 Å². The van der Waals surface area contributed by atoms with Gasteiger partial charge < -0.3 is 24.4 Å². The van der Waals surface area contributed by atoms with E-state index in [0.717, 1.165) is 24.6 Å². The highest BCUT2D eigenvalue weighted by molar-refractivity contribution is 5.92. The first-order valence-corrected chi connectivity index (χ1v) is 9.73. The van der Waals surface area contributed by atoms with Crippen LogP contribution in [0.3, 0.4) is 0 Å². The Morgan fingerprint density at radius 1 is 1.31 bits per heavy atom. The summed E-state index contributed by atoms with van der Waals surface area (Å²) in [6.45, 7) is 1.19. The maximum Gasteiger partial charge on any atom is 0.573 e. The molecule has 2 N–H and O–H groups in total. The fourth-order valence-corrected chi connectivity index (χ4v) is 3.35. The molecule has 0 aliphatic carbocycles. The van der Waals surface area contributed by atoms with E-state index in [0.29, 0.717) is 18.7 Å². The topological polar surface area (TPSA) is 106 Å². The summed E-state index contributed by atoms with van der Waals surface area (Å²) >= 11 is 0. The maximum atomic E-state index is 12.8. The monoisotopic (exact) mass is 456 g/mol. The summed E-state index contributed by atoms with van der Waals surface area (Å²) in [5.74, 6) is -0.749. The standard InChI is InChI=1S/C20H23F3N4O5/c1-30-11-16(12-3-5-13(6-4-12)32-20(21,22)23)24-18(29)15-9-17(28)26-19(25-15)27-8-7-14(10-27)31-2/h3-6,9,14,16H,7-8,10-11H2,1-2H3,(H,24,29)(H,25,26,28)/t14-,16+/m0/s1. The lowest BCUT2D eigenvalue weighted by atomic mass is 10.1. The van der Waals surface area contributed by atoms with Crippen LogP contribution in [0.4, 0.5) is 19.1 Å². The van der Waals surface area contributed by atoms with Gasteiger partial charge in [0.2, 0.25) is 5.95 Å². The molecule has 1 amide bonds. The second kappa shape index (κ2) is 10.0. The van der Waals surface area contributed by atoms with Gasteiger partial charge in [-0.05, 0) is 24.1 Å². The molecule has 1 fully saturated rings. The molecule has 12 heteroatoms. The smallest absolute Gasteiger partial charge is 0.406 e. The zero-order valence-corrected chi connectivity index (χ0v) is 17.4. The first-order chi connectivity index (χ1) is 15.2. The Morgan fingerprint density at radius 3 is 2.62 bits per heavy atom. The second-order valence-electron chi connectivity index (χ2n) is 7.14. The number of hydrogen-bond donors (Lipinski definition) is 2. The molecule has 32 heavy (non-hydrogen) atoms. The Kier molecular flexibility index (Phi) is 7.36. The van der Waals surface area contributed by atoms with Crippen LogP contribution in [-0.2, 0) is 9.47 Å². The average Bonchev–Trinajstić information content (AvgIpc) is 3.22. The van der Waals surface area contributed by atoms with Crippen molar-refractivity contribution >= 4 is 11.9 Å². The van der Waals surface area contributed by atoms with Gasteiger partial charge in [-0.15, -0.1) is 13.2 Å². The van der Waals surface area contributed by atoms with Crippen LogP contribution in [0.2, 0.25) is 0 Å². The SMILES string of the molecule is COC[C@@H](NC(=O)c1cc(=O)[nH]c(N2CC[C@H](OC)C2)n1)c1ccc(OC(F)(F)F)cc1. The number of ether oxygens (including phenoxy) is 3. The Morgan fingerprint density at radius 2 is 2.03 bits per heavy atom. The Hall–Kier alpha value is -3.12. The van der Waals surface area contributed by atoms with E-state index in [-0.39, 0.29) is 30.1 Å². The predicted octanol–water partition coefficient (Wildman–Crippen LogP) is 2.01. The molecule has 2 atom stereocenters. The van der Waals surface area contributed by atoms with Crippen LogP contribution in [0.5, 0.6) is 5.75 Å². The Labute approximate surface area is 181 Å². The van der Waals surface area contributed by atoms with Gasteiger partial charge in [0.15, 0.2) is 0 Å². The van der Waals surface area contributed by atoms with Gasteiger partial charge in [-0.2, -0.15) is 0 Å². The lowest BCUT2D eigenvalue weighted by molar-refractivity contribution is -0.274. The van der Waals surface area contributed by atoms with Crippen molar-refractivity contribution in [3.63, 3.8) is 0 Å². The number of benzene rings is 1. The third-order valence-corrected chi connectivity index (χ3v) is 4.89. The summed E-state index contributed by atoms with van der Waals surface area (Å²) in [5.41, 5.74) is -0.0945. The zero-order chi connectivity index (χ0) is 23.3. The van der Waals surface area contributed by atoms with Crippen LogP contribution in [0, 0.1) is 0 Å². The van der Waals surface area contributed by atoms with Crippen molar-refractivity contribution in [2.24, 2.45) is 0 Å². The van der Waals surface area contributed by atoms with E-state index in [1.807, 2.05) is 4.90 Å². The average molecular weight is 456 g/mol. The van der Waals surface area contributed by atoms with E-state index in [1.54, 1.807) is 7.11 Å². The summed E-state index contributed by atoms with van der Waals surface area (Å²) in [5, 5.41) is 2.70. The van der Waals surface area contributed by atoms with Crippen LogP contribution >= 0.6 is 0 Å². The molecule has 0 unspecified atom stereocenters. The van der Waals surface area contributed by atoms with E-state index in [1.165, 1.54) is 19.2 Å². The van der Waals surface area contributed by atoms with E-state index in [9.17, 15) is 22.8 Å². The number of nitrogens with zero attached hydrogens (tertiary/aromatic N) is 2. The number of carbonyl (C=O) groups is 1. The highest BCUT2D eigenvalue weighted by atomic mass is 19.4. The number of alkyl halides is 3. The lowest BCUT2D eigenvalue weighted by Gasteiger charge is -2.20. The van der Waals surface area contributed by atoms with Crippen LogP contribution in [0.1, 0.15) is 28.5 Å². The number of methoxy groups -OCH3 is 2. The molecule has 0 spiro atoms. The van der Waals surface area contributed by atoms with Crippen molar-refractivity contribution in [2.45, 2.75) is 24.9 Å². The van der Waals surface area contributed by atoms with Gasteiger partial charge in [-0.3, -0.25) is 14.6 Å². The van der Waals surface area contributed by atoms with Crippen molar-refractivity contribution in [1.82, 2.24) is 15.3 Å². The molecular weight excluding hydrogens is 433 g/mol. The molecular formula is C20H23F3N4O5. The van der Waals surface area contributed by atoms with Crippen LogP contribution in [0.15, 0.2) is 35.1 Å². The highest BCUT2D eigenvalue weighted by Crippen LogP contribution is 2.25. The number of halogens is 3. The van der Waals surface area contributed by atoms with Crippen LogP contribution in [0.25, 0.3) is 0 Å². The molecule has 1 saturated heterocycles. The zero-order valence-electron chi connectivity index (χ0n) is 17.4. The molecule has 174 valence electrons. The number of nitrogens with one attached hydrogen (secondary N) is 2. The number of rotatable bonds is 8. The second-order valence-corrected chi connectivity index (χ2v) is 7.14. The molecule has 1 aliphatic heterocycles. The van der Waals surface area contributed by atoms with E-state index in [2.05, 4.69) is 20.0 Å². The van der Waals surface area contributed by atoms with Gasteiger partial charge in [0, 0.05) is 33.4 Å². The maximum absolute atomic E-state index is 12.8. The summed E-state index contributed by atoms with van der Waals surface area (Å²) in [6.07, 6.45) is -4.03. The summed E-state index contributed by atoms with van der Waals surface area (Å²) < 4.78 is 51.4. The molecule has 0 saturated carbocycles. The van der Waals surface area contributed by atoms with Crippen LogP contribution < -0.4 is 20.5 Å². The fraction of sp³-hybridized carbons (Fsp3) is 0.450. The minimum atomic E-state index is -4.80. The summed E-state index contributed by atoms with van der Waals surface area (Å²) in [4.78, 5) is 33.6. The van der Waals surface area contributed by atoms with Crippen molar-refractivity contribution in [3.05, 3.63) is 51.9 Å². The quantitative estimate of drug-likeness (QED) is 0.626. The summed E-state index contributed by atoms with van der Waals surface area (Å²) in [6, 6.07) is 5.43. The van der Waals surface area contributed by atoms with Gasteiger partial charge in [-0.25, -0.2) is 4.98 Å². The Balaban J connectivity index is 1.75. The lowest BCUT2D eigenvalue weighted by Crippen LogP contribution is -2.34. The number of aromatic amines is 1. The van der Waals surface area contributed by atoms with Crippen molar-refractivity contribution < 1.29 is 32.2 Å². The molecule has 0 bridgehead atoms. The Bertz CT molecular complexity index is 980. The number of carbonyl (C=O) groups excluding carboxylic acids is 1.